The van der Waals surface area contributed by atoms with Gasteiger partial charge in [0.25, 0.3) is 0 Å². The second-order valence-electron chi connectivity index (χ2n) is 8.59. The molecule has 4 aliphatic rings. The molecule has 3 fully saturated rings. The van der Waals surface area contributed by atoms with Crippen LogP contribution in [0.1, 0.15) is 44.1 Å². The number of fused-ring (bicyclic) bond motifs is 2. The molecule has 30 heavy (non-hydrogen) atoms. The molecule has 0 spiro atoms. The summed E-state index contributed by atoms with van der Waals surface area (Å²) in [5.74, 6) is 2.23. The molecule has 0 aromatic heterocycles. The highest BCUT2D eigenvalue weighted by atomic mass is 32.2. The molecule has 162 valence electrons. The van der Waals surface area contributed by atoms with Crippen LogP contribution < -0.4 is 9.47 Å². The minimum Gasteiger partial charge on any atom is -0.454 e. The normalized spacial score (nSPS) is 28.4. The highest BCUT2D eigenvalue weighted by Gasteiger charge is 2.48. The molecular formula is C21H26N2O5S2. The van der Waals surface area contributed by atoms with E-state index in [2.05, 4.69) is 4.99 Å². The van der Waals surface area contributed by atoms with Gasteiger partial charge in [-0.05, 0) is 30.0 Å². The Kier molecular flexibility index (Phi) is 5.43. The lowest BCUT2D eigenvalue weighted by Crippen LogP contribution is -2.37. The number of thioether (sulfide) groups is 1. The molecule has 7 nitrogen and oxygen atoms in total. The van der Waals surface area contributed by atoms with Crippen molar-refractivity contribution in [3.05, 3.63) is 23.8 Å². The maximum absolute atomic E-state index is 12.6. The van der Waals surface area contributed by atoms with Gasteiger partial charge in [-0.15, -0.1) is 0 Å². The number of hydrogen-bond acceptors (Lipinski definition) is 6. The monoisotopic (exact) mass is 450 g/mol. The van der Waals surface area contributed by atoms with Gasteiger partial charge in [-0.2, -0.15) is 4.99 Å². The summed E-state index contributed by atoms with van der Waals surface area (Å²) in [4.78, 5) is 19.0. The lowest BCUT2D eigenvalue weighted by atomic mass is 10.0. The number of benzene rings is 1. The molecule has 0 bridgehead atoms. The summed E-state index contributed by atoms with van der Waals surface area (Å²) in [6.45, 7) is 0.707. The van der Waals surface area contributed by atoms with Gasteiger partial charge in [0.1, 0.15) is 0 Å². The molecule has 3 heterocycles. The van der Waals surface area contributed by atoms with Crippen molar-refractivity contribution in [2.24, 2.45) is 10.9 Å². The quantitative estimate of drug-likeness (QED) is 0.682. The van der Waals surface area contributed by atoms with Crippen LogP contribution in [0.4, 0.5) is 0 Å². The van der Waals surface area contributed by atoms with E-state index in [-0.39, 0.29) is 35.5 Å². The summed E-state index contributed by atoms with van der Waals surface area (Å²) in [7, 11) is -3.06. The maximum atomic E-state index is 12.6. The van der Waals surface area contributed by atoms with Crippen molar-refractivity contribution in [1.82, 2.24) is 4.90 Å². The Balaban J connectivity index is 1.33. The molecule has 2 saturated heterocycles. The Morgan fingerprint density at radius 3 is 2.80 bits per heavy atom. The van der Waals surface area contributed by atoms with Crippen molar-refractivity contribution in [3.63, 3.8) is 0 Å². The Morgan fingerprint density at radius 2 is 1.97 bits per heavy atom. The molecule has 0 N–H and O–H groups in total. The summed E-state index contributed by atoms with van der Waals surface area (Å²) in [5.41, 5.74) is 0.982. The number of rotatable bonds is 5. The van der Waals surface area contributed by atoms with E-state index in [1.165, 1.54) is 37.4 Å². The van der Waals surface area contributed by atoms with Crippen molar-refractivity contribution < 1.29 is 22.7 Å². The van der Waals surface area contributed by atoms with Crippen LogP contribution in [0.25, 0.3) is 0 Å². The SMILES string of the molecule is O=C(CCC1CCCC1)N=C1S[C@@H]2CS(=O)(=O)C[C@H]2N1Cc1ccc2c(c1)OCO2. The van der Waals surface area contributed by atoms with Crippen LogP contribution >= 0.6 is 11.8 Å². The van der Waals surface area contributed by atoms with Gasteiger partial charge in [-0.25, -0.2) is 8.42 Å². The van der Waals surface area contributed by atoms with Crippen LogP contribution in [0.3, 0.4) is 0 Å². The average molecular weight is 451 g/mol. The fourth-order valence-corrected chi connectivity index (χ4v) is 8.81. The minimum atomic E-state index is -3.06. The second-order valence-corrected chi connectivity index (χ2v) is 12.0. The number of hydrogen-bond donors (Lipinski definition) is 0. The molecule has 0 radical (unpaired) electrons. The van der Waals surface area contributed by atoms with Crippen LogP contribution in [-0.2, 0) is 21.2 Å². The Morgan fingerprint density at radius 1 is 1.17 bits per heavy atom. The van der Waals surface area contributed by atoms with E-state index >= 15 is 0 Å². The number of sulfone groups is 1. The number of nitrogens with zero attached hydrogens (tertiary/aromatic N) is 2. The van der Waals surface area contributed by atoms with Gasteiger partial charge in [0.2, 0.25) is 12.7 Å². The zero-order chi connectivity index (χ0) is 20.7. The smallest absolute Gasteiger partial charge is 0.248 e. The number of carbonyl (C=O) groups is 1. The Bertz CT molecular complexity index is 972. The van der Waals surface area contributed by atoms with E-state index in [1.807, 2.05) is 23.1 Å². The predicted octanol–water partition coefficient (Wildman–Crippen LogP) is 2.98. The molecule has 1 aromatic rings. The molecule has 3 aliphatic heterocycles. The van der Waals surface area contributed by atoms with Gasteiger partial charge in [-0.1, -0.05) is 43.5 Å². The van der Waals surface area contributed by atoms with Crippen molar-refractivity contribution >= 4 is 32.7 Å². The average Bonchev–Trinajstić information content (AvgIpc) is 3.46. The molecule has 5 rings (SSSR count). The van der Waals surface area contributed by atoms with Gasteiger partial charge in [0.15, 0.2) is 26.5 Å². The van der Waals surface area contributed by atoms with Gasteiger partial charge in [-0.3, -0.25) is 4.79 Å². The van der Waals surface area contributed by atoms with Gasteiger partial charge >= 0.3 is 0 Å². The van der Waals surface area contributed by atoms with E-state index in [9.17, 15) is 13.2 Å². The van der Waals surface area contributed by atoms with Gasteiger partial charge in [0, 0.05) is 18.2 Å². The van der Waals surface area contributed by atoms with Crippen molar-refractivity contribution in [2.75, 3.05) is 18.3 Å². The molecule has 2 atom stereocenters. The first-order valence-electron chi connectivity index (χ1n) is 10.6. The zero-order valence-electron chi connectivity index (χ0n) is 16.8. The minimum absolute atomic E-state index is 0.0645. The van der Waals surface area contributed by atoms with E-state index < -0.39 is 9.84 Å². The second kappa shape index (κ2) is 8.07. The number of amidine groups is 1. The topological polar surface area (TPSA) is 85.3 Å². The molecule has 9 heteroatoms. The lowest BCUT2D eigenvalue weighted by Gasteiger charge is -2.24. The number of amides is 1. The van der Waals surface area contributed by atoms with E-state index in [0.717, 1.165) is 12.0 Å². The first-order valence-corrected chi connectivity index (χ1v) is 13.3. The molecule has 1 aromatic carbocycles. The summed E-state index contributed by atoms with van der Waals surface area (Å²) in [6.07, 6.45) is 6.35. The van der Waals surface area contributed by atoms with Crippen molar-refractivity contribution in [2.45, 2.75) is 56.4 Å². The standard InChI is InChI=1S/C21H26N2O5S2/c24-20(8-6-14-3-1-2-4-14)22-21-23(16-11-30(25,26)12-19(16)29-21)10-15-5-7-17-18(9-15)28-13-27-17/h5,7,9,14,16,19H,1-4,6,8,10-13H2/t16-,19-/m1/s1. The Labute approximate surface area is 181 Å². The molecular weight excluding hydrogens is 424 g/mol. The summed E-state index contributed by atoms with van der Waals surface area (Å²) in [6, 6.07) is 5.59. The van der Waals surface area contributed by atoms with Crippen LogP contribution in [0.15, 0.2) is 23.2 Å². The number of carbonyl (C=O) groups excluding carboxylic acids is 1. The summed E-state index contributed by atoms with van der Waals surface area (Å²) in [5, 5.41) is 0.597. The third-order valence-corrected chi connectivity index (χ3v) is 9.67. The highest BCUT2D eigenvalue weighted by Crippen LogP contribution is 2.40. The zero-order valence-corrected chi connectivity index (χ0v) is 18.4. The van der Waals surface area contributed by atoms with Crippen molar-refractivity contribution in [3.8, 4) is 11.5 Å². The lowest BCUT2D eigenvalue weighted by molar-refractivity contribution is -0.118. The van der Waals surface area contributed by atoms with E-state index in [1.54, 1.807) is 0 Å². The van der Waals surface area contributed by atoms with Crippen LogP contribution in [0, 0.1) is 5.92 Å². The Hall–Kier alpha value is -1.74. The van der Waals surface area contributed by atoms with Crippen LogP contribution in [0.2, 0.25) is 0 Å². The third kappa shape index (κ3) is 4.19. The highest BCUT2D eigenvalue weighted by molar-refractivity contribution is 8.15. The first-order chi connectivity index (χ1) is 14.5. The predicted molar refractivity (Wildman–Crippen MR) is 116 cm³/mol. The van der Waals surface area contributed by atoms with Gasteiger partial charge in [0.05, 0.1) is 17.5 Å². The summed E-state index contributed by atoms with van der Waals surface area (Å²) < 4.78 is 35.2. The number of aliphatic imine (C=N–C) groups is 1. The largest absolute Gasteiger partial charge is 0.454 e. The van der Waals surface area contributed by atoms with Crippen LogP contribution in [-0.4, -0.2) is 54.0 Å². The third-order valence-electron chi connectivity index (χ3n) is 6.43. The summed E-state index contributed by atoms with van der Waals surface area (Å²) >= 11 is 1.44. The van der Waals surface area contributed by atoms with Gasteiger partial charge < -0.3 is 14.4 Å². The molecule has 1 aliphatic carbocycles. The molecule has 0 unspecified atom stereocenters. The first kappa shape index (κ1) is 20.2. The van der Waals surface area contributed by atoms with E-state index in [4.69, 9.17) is 9.47 Å². The maximum Gasteiger partial charge on any atom is 0.248 e. The fraction of sp³-hybridized carbons (Fsp3) is 0.619. The fourth-order valence-electron chi connectivity index (χ4n) is 4.85. The van der Waals surface area contributed by atoms with Crippen LogP contribution in [0.5, 0.6) is 11.5 Å². The molecule has 1 saturated carbocycles. The van der Waals surface area contributed by atoms with Crippen molar-refractivity contribution in [1.29, 1.82) is 0 Å². The molecule has 1 amide bonds. The number of ether oxygens (including phenoxy) is 2. The van der Waals surface area contributed by atoms with E-state index in [0.29, 0.717) is 35.6 Å².